The summed E-state index contributed by atoms with van der Waals surface area (Å²) in [5, 5.41) is 2.73. The van der Waals surface area contributed by atoms with Gasteiger partial charge < -0.3 is 10.1 Å². The third-order valence-electron chi connectivity index (χ3n) is 4.28. The Labute approximate surface area is 160 Å². The van der Waals surface area contributed by atoms with Crippen molar-refractivity contribution in [1.29, 1.82) is 0 Å². The summed E-state index contributed by atoms with van der Waals surface area (Å²) in [6, 6.07) is 14.7. The van der Waals surface area contributed by atoms with Gasteiger partial charge in [0, 0.05) is 17.3 Å². The number of pyridine rings is 1. The Morgan fingerprint density at radius 2 is 1.68 bits per heavy atom. The Morgan fingerprint density at radius 3 is 2.43 bits per heavy atom. The molecule has 0 unspecified atom stereocenters. The molecule has 1 amide bonds. The molecule has 1 saturated heterocycles. The lowest BCUT2D eigenvalue weighted by Gasteiger charge is -2.17. The second-order valence-electron chi connectivity index (χ2n) is 6.23. The number of ether oxygens (including phenoxy) is 1. The summed E-state index contributed by atoms with van der Waals surface area (Å²) in [5.41, 5.74) is 2.43. The maximum atomic E-state index is 13.3. The lowest BCUT2D eigenvalue weighted by Crippen LogP contribution is -2.20. The number of benzene rings is 2. The molecule has 138 valence electrons. The maximum Gasteiger partial charge on any atom is 0.408 e. The maximum absolute atomic E-state index is 13.3. The first-order chi connectivity index (χ1) is 13.6. The van der Waals surface area contributed by atoms with Crippen LogP contribution in [0.2, 0.25) is 0 Å². The van der Waals surface area contributed by atoms with E-state index in [4.69, 9.17) is 4.74 Å². The summed E-state index contributed by atoms with van der Waals surface area (Å²) in [6.45, 7) is 0. The number of cyclic esters (lactones) is 1. The molecular weight excluding hydrogens is 362 g/mol. The van der Waals surface area contributed by atoms with Crippen LogP contribution in [-0.4, -0.2) is 11.1 Å². The van der Waals surface area contributed by atoms with Crippen LogP contribution < -0.4 is 5.32 Å². The van der Waals surface area contributed by atoms with E-state index in [-0.39, 0.29) is 11.6 Å². The molecule has 28 heavy (non-hydrogen) atoms. The molecular formula is C22H14F2N2O2. The number of hydrogen-bond acceptors (Lipinski definition) is 3. The molecule has 0 radical (unpaired) electrons. The molecule has 0 spiro atoms. The highest BCUT2D eigenvalue weighted by atomic mass is 19.1. The van der Waals surface area contributed by atoms with E-state index in [1.54, 1.807) is 42.6 Å². The first-order valence-corrected chi connectivity index (χ1v) is 8.55. The SMILES string of the molecule is O=C1N[C@@H](c2cc(C#Cc3cccc(F)c3)ccn2)[C@H](c2ccc(F)cc2)O1. The number of nitrogens with zero attached hydrogens (tertiary/aromatic N) is 1. The Bertz CT molecular complexity index is 1090. The van der Waals surface area contributed by atoms with Gasteiger partial charge in [-0.25, -0.2) is 13.6 Å². The number of amides is 1. The summed E-state index contributed by atoms with van der Waals surface area (Å²) >= 11 is 0. The van der Waals surface area contributed by atoms with Crippen molar-refractivity contribution in [3.63, 3.8) is 0 Å². The van der Waals surface area contributed by atoms with Crippen LogP contribution in [0.25, 0.3) is 0 Å². The Kier molecular flexibility index (Phi) is 4.73. The normalized spacial score (nSPS) is 18.0. The third kappa shape index (κ3) is 3.84. The summed E-state index contributed by atoms with van der Waals surface area (Å²) in [7, 11) is 0. The van der Waals surface area contributed by atoms with Crippen molar-refractivity contribution in [2.45, 2.75) is 12.1 Å². The van der Waals surface area contributed by atoms with Gasteiger partial charge in [-0.2, -0.15) is 0 Å². The first kappa shape index (κ1) is 17.7. The van der Waals surface area contributed by atoms with Crippen molar-refractivity contribution < 1.29 is 18.3 Å². The van der Waals surface area contributed by atoms with Gasteiger partial charge in [0.15, 0.2) is 6.10 Å². The highest BCUT2D eigenvalue weighted by molar-refractivity contribution is 5.71. The van der Waals surface area contributed by atoms with Crippen molar-refractivity contribution in [3.05, 3.63) is 101 Å². The molecule has 0 aliphatic carbocycles. The second kappa shape index (κ2) is 7.49. The summed E-state index contributed by atoms with van der Waals surface area (Å²) in [4.78, 5) is 16.1. The van der Waals surface area contributed by atoms with Gasteiger partial charge in [-0.1, -0.05) is 30.0 Å². The van der Waals surface area contributed by atoms with E-state index in [2.05, 4.69) is 22.1 Å². The van der Waals surface area contributed by atoms with Crippen LogP contribution >= 0.6 is 0 Å². The van der Waals surface area contributed by atoms with Gasteiger partial charge in [-0.15, -0.1) is 0 Å². The smallest absolute Gasteiger partial charge is 0.408 e. The minimum atomic E-state index is -0.632. The van der Waals surface area contributed by atoms with Crippen LogP contribution in [0.5, 0.6) is 0 Å². The Morgan fingerprint density at radius 1 is 0.929 bits per heavy atom. The fourth-order valence-electron chi connectivity index (χ4n) is 2.97. The number of nitrogens with one attached hydrogen (secondary N) is 1. The van der Waals surface area contributed by atoms with Crippen LogP contribution in [0.1, 0.15) is 34.5 Å². The molecule has 2 aromatic carbocycles. The van der Waals surface area contributed by atoms with Gasteiger partial charge in [0.05, 0.1) is 5.69 Å². The molecule has 2 heterocycles. The zero-order valence-electron chi connectivity index (χ0n) is 14.5. The van der Waals surface area contributed by atoms with Crippen molar-refractivity contribution in [2.24, 2.45) is 0 Å². The highest BCUT2D eigenvalue weighted by Crippen LogP contribution is 2.36. The molecule has 1 aliphatic rings. The monoisotopic (exact) mass is 376 g/mol. The van der Waals surface area contributed by atoms with Crippen LogP contribution in [0.15, 0.2) is 66.9 Å². The first-order valence-electron chi connectivity index (χ1n) is 8.55. The minimum Gasteiger partial charge on any atom is -0.439 e. The molecule has 4 rings (SSSR count). The van der Waals surface area contributed by atoms with E-state index in [9.17, 15) is 13.6 Å². The number of hydrogen-bond donors (Lipinski definition) is 1. The van der Waals surface area contributed by atoms with Gasteiger partial charge in [-0.05, 0) is 48.0 Å². The molecule has 4 nitrogen and oxygen atoms in total. The molecule has 0 bridgehead atoms. The largest absolute Gasteiger partial charge is 0.439 e. The van der Waals surface area contributed by atoms with Crippen LogP contribution in [0, 0.1) is 23.5 Å². The summed E-state index contributed by atoms with van der Waals surface area (Å²) in [5.74, 6) is 5.14. The van der Waals surface area contributed by atoms with E-state index >= 15 is 0 Å². The lowest BCUT2D eigenvalue weighted by molar-refractivity contribution is 0.132. The Balaban J connectivity index is 1.63. The van der Waals surface area contributed by atoms with Gasteiger partial charge in [-0.3, -0.25) is 4.98 Å². The van der Waals surface area contributed by atoms with E-state index < -0.39 is 18.2 Å². The van der Waals surface area contributed by atoms with E-state index in [0.717, 1.165) is 0 Å². The van der Waals surface area contributed by atoms with Crippen LogP contribution in [0.4, 0.5) is 13.6 Å². The molecule has 1 aliphatic heterocycles. The molecule has 3 aromatic rings. The quantitative estimate of drug-likeness (QED) is 0.679. The molecule has 1 aromatic heterocycles. The molecule has 6 heteroatoms. The molecule has 1 N–H and O–H groups in total. The Hall–Kier alpha value is -3.72. The van der Waals surface area contributed by atoms with E-state index in [1.165, 1.54) is 24.3 Å². The highest BCUT2D eigenvalue weighted by Gasteiger charge is 2.37. The van der Waals surface area contributed by atoms with Gasteiger partial charge in [0.1, 0.15) is 17.7 Å². The van der Waals surface area contributed by atoms with Crippen molar-refractivity contribution >= 4 is 6.09 Å². The number of rotatable bonds is 2. The zero-order valence-corrected chi connectivity index (χ0v) is 14.5. The second-order valence-corrected chi connectivity index (χ2v) is 6.23. The average Bonchev–Trinajstić information content (AvgIpc) is 3.09. The van der Waals surface area contributed by atoms with Crippen LogP contribution in [0.3, 0.4) is 0 Å². The fraction of sp³-hybridized carbons (Fsp3) is 0.0909. The van der Waals surface area contributed by atoms with Crippen molar-refractivity contribution in [2.75, 3.05) is 0 Å². The van der Waals surface area contributed by atoms with Crippen LogP contribution in [-0.2, 0) is 4.74 Å². The average molecular weight is 376 g/mol. The van der Waals surface area contributed by atoms with E-state index in [0.29, 0.717) is 22.4 Å². The number of halogens is 2. The van der Waals surface area contributed by atoms with Gasteiger partial charge >= 0.3 is 6.09 Å². The molecule has 1 fully saturated rings. The van der Waals surface area contributed by atoms with Gasteiger partial charge in [0.25, 0.3) is 0 Å². The van der Waals surface area contributed by atoms with Crippen molar-refractivity contribution in [1.82, 2.24) is 10.3 Å². The molecule has 2 atom stereocenters. The number of carbonyl (C=O) groups excluding carboxylic acids is 1. The predicted octanol–water partition coefficient (Wildman–Crippen LogP) is 4.28. The van der Waals surface area contributed by atoms with Crippen molar-refractivity contribution in [3.8, 4) is 11.8 Å². The zero-order chi connectivity index (χ0) is 19.5. The predicted molar refractivity (Wildman–Crippen MR) is 98.1 cm³/mol. The summed E-state index contributed by atoms with van der Waals surface area (Å²) < 4.78 is 31.8. The minimum absolute atomic E-state index is 0.352. The lowest BCUT2D eigenvalue weighted by atomic mass is 9.99. The standard InChI is InChI=1S/C22H14F2N2O2/c23-17-8-6-16(7-9-17)21-20(26-22(27)28-21)19-13-15(10-11-25-19)5-4-14-2-1-3-18(24)12-14/h1-3,6-13,20-21H,(H,26,27)/t20-,21-/m0/s1. The van der Waals surface area contributed by atoms with Gasteiger partial charge in [0.2, 0.25) is 0 Å². The number of alkyl carbamates (subject to hydrolysis) is 1. The molecule has 0 saturated carbocycles. The third-order valence-corrected chi connectivity index (χ3v) is 4.28. The topological polar surface area (TPSA) is 51.2 Å². The summed E-state index contributed by atoms with van der Waals surface area (Å²) in [6.07, 6.45) is 0.376. The fourth-order valence-corrected chi connectivity index (χ4v) is 2.97. The number of aromatic nitrogens is 1. The van der Waals surface area contributed by atoms with E-state index in [1.807, 2.05) is 0 Å². The number of carbonyl (C=O) groups is 1.